The first-order valence-corrected chi connectivity index (χ1v) is 15.0. The van der Waals surface area contributed by atoms with Crippen LogP contribution in [0.25, 0.3) is 20.8 Å². The summed E-state index contributed by atoms with van der Waals surface area (Å²) in [4.78, 5) is 22.1. The molecule has 3 heterocycles. The minimum absolute atomic E-state index is 0. The van der Waals surface area contributed by atoms with Crippen molar-refractivity contribution in [3.63, 3.8) is 0 Å². The highest BCUT2D eigenvalue weighted by atomic mass is 35.5. The van der Waals surface area contributed by atoms with Gasteiger partial charge in [0, 0.05) is 29.1 Å². The van der Waals surface area contributed by atoms with E-state index in [0.717, 1.165) is 58.3 Å². The Balaban J connectivity index is 0.00000304. The van der Waals surface area contributed by atoms with Crippen LogP contribution < -0.4 is 5.32 Å². The van der Waals surface area contributed by atoms with E-state index in [2.05, 4.69) is 23.2 Å². The minimum atomic E-state index is -3.31. The summed E-state index contributed by atoms with van der Waals surface area (Å²) < 4.78 is 25.4. The molecule has 0 atom stereocenters. The number of aromatic nitrogens is 1. The molecule has 190 valence electrons. The number of amides is 1. The molecule has 10 heteroatoms. The number of sulfone groups is 1. The van der Waals surface area contributed by atoms with E-state index in [1.54, 1.807) is 41.7 Å². The number of nitrogens with zero attached hydrogens (tertiary/aromatic N) is 2. The molecule has 0 bridgehead atoms. The van der Waals surface area contributed by atoms with E-state index >= 15 is 0 Å². The molecule has 5 rings (SSSR count). The fourth-order valence-electron chi connectivity index (χ4n) is 4.41. The van der Waals surface area contributed by atoms with Crippen LogP contribution in [0.1, 0.15) is 41.1 Å². The van der Waals surface area contributed by atoms with Gasteiger partial charge in [0.1, 0.15) is 10.0 Å². The molecule has 1 N–H and O–H groups in total. The first-order chi connectivity index (χ1) is 16.9. The molecule has 0 unspecified atom stereocenters. The molecule has 0 fully saturated rings. The van der Waals surface area contributed by atoms with E-state index < -0.39 is 9.84 Å². The summed E-state index contributed by atoms with van der Waals surface area (Å²) in [7, 11) is -3.31. The van der Waals surface area contributed by atoms with Gasteiger partial charge in [0.05, 0.1) is 20.9 Å². The maximum atomic E-state index is 13.2. The van der Waals surface area contributed by atoms with Crippen molar-refractivity contribution < 1.29 is 13.2 Å². The van der Waals surface area contributed by atoms with Gasteiger partial charge in [-0.25, -0.2) is 13.4 Å². The fourth-order valence-corrected chi connectivity index (χ4v) is 7.69. The number of hydrogen-bond donors (Lipinski definition) is 1. The van der Waals surface area contributed by atoms with E-state index in [1.165, 1.54) is 22.6 Å². The van der Waals surface area contributed by atoms with Gasteiger partial charge in [0.2, 0.25) is 0 Å². The number of thiophene rings is 1. The van der Waals surface area contributed by atoms with Crippen LogP contribution in [0.15, 0.2) is 53.4 Å². The average molecular weight is 562 g/mol. The first kappa shape index (κ1) is 26.8. The zero-order valence-electron chi connectivity index (χ0n) is 20.1. The molecule has 2 aromatic carbocycles. The van der Waals surface area contributed by atoms with E-state index in [-0.39, 0.29) is 29.0 Å². The van der Waals surface area contributed by atoms with Gasteiger partial charge in [-0.15, -0.1) is 35.1 Å². The lowest BCUT2D eigenvalue weighted by atomic mass is 10.0. The van der Waals surface area contributed by atoms with Crippen LogP contribution >= 0.6 is 35.1 Å². The normalized spacial score (nSPS) is 13.8. The van der Waals surface area contributed by atoms with Crippen molar-refractivity contribution in [2.75, 3.05) is 24.2 Å². The number of carbonyl (C=O) groups is 1. The molecule has 1 amide bonds. The Labute approximate surface area is 225 Å². The summed E-state index contributed by atoms with van der Waals surface area (Å²) in [6.07, 6.45) is 2.04. The van der Waals surface area contributed by atoms with E-state index in [0.29, 0.717) is 5.56 Å². The predicted octanol–water partition coefficient (Wildman–Crippen LogP) is 6.26. The molecule has 1 aliphatic heterocycles. The Morgan fingerprint density at radius 3 is 2.53 bits per heavy atom. The molecule has 0 saturated heterocycles. The Morgan fingerprint density at radius 1 is 1.08 bits per heavy atom. The number of thiazole rings is 1. The third-order valence-corrected chi connectivity index (χ3v) is 10.2. The standard InChI is InChI=1S/C26H27N3O3S3.ClH/c1-3-14-29-15-13-19-22(16-29)34-26(23(19)25-27-20-7-5-6-8-21(20)33-25)28-24(30)17-9-11-18(12-10-17)35(31,32)4-2;/h5-12H,3-4,13-16H2,1-2H3,(H,28,30);1H. The number of hydrogen-bond acceptors (Lipinski definition) is 7. The highest BCUT2D eigenvalue weighted by molar-refractivity contribution is 7.91. The predicted molar refractivity (Wildman–Crippen MR) is 152 cm³/mol. The summed E-state index contributed by atoms with van der Waals surface area (Å²) in [5, 5.41) is 4.86. The molecule has 0 aliphatic carbocycles. The molecule has 0 radical (unpaired) electrons. The van der Waals surface area contributed by atoms with Crippen LogP contribution in [0.3, 0.4) is 0 Å². The minimum Gasteiger partial charge on any atom is -0.313 e. The molecule has 2 aromatic heterocycles. The molecule has 0 saturated carbocycles. The van der Waals surface area contributed by atoms with Crippen LogP contribution in [-0.2, 0) is 22.8 Å². The van der Waals surface area contributed by atoms with Crippen molar-refractivity contribution in [2.45, 2.75) is 38.1 Å². The monoisotopic (exact) mass is 561 g/mol. The third kappa shape index (κ3) is 5.21. The smallest absolute Gasteiger partial charge is 0.256 e. The van der Waals surface area contributed by atoms with Crippen molar-refractivity contribution in [2.24, 2.45) is 0 Å². The molecule has 4 aromatic rings. The van der Waals surface area contributed by atoms with Crippen molar-refractivity contribution >= 4 is 66.0 Å². The number of anilines is 1. The van der Waals surface area contributed by atoms with E-state index in [9.17, 15) is 13.2 Å². The fraction of sp³-hybridized carbons (Fsp3) is 0.308. The highest BCUT2D eigenvalue weighted by Gasteiger charge is 2.27. The second-order valence-electron chi connectivity index (χ2n) is 8.60. The number of halogens is 1. The van der Waals surface area contributed by atoms with Gasteiger partial charge in [-0.1, -0.05) is 26.0 Å². The van der Waals surface area contributed by atoms with Crippen LogP contribution in [-0.4, -0.2) is 43.1 Å². The molecule has 36 heavy (non-hydrogen) atoms. The van der Waals surface area contributed by atoms with Crippen molar-refractivity contribution in [3.05, 3.63) is 64.5 Å². The lowest BCUT2D eigenvalue weighted by molar-refractivity contribution is 0.102. The zero-order chi connectivity index (χ0) is 24.6. The molecular formula is C26H28ClN3O3S3. The Kier molecular flexibility index (Phi) is 8.16. The molecule has 6 nitrogen and oxygen atoms in total. The van der Waals surface area contributed by atoms with Gasteiger partial charge in [-0.3, -0.25) is 9.69 Å². The summed E-state index contributed by atoms with van der Waals surface area (Å²) in [6.45, 7) is 6.74. The quantitative estimate of drug-likeness (QED) is 0.288. The number of benzene rings is 2. The number of rotatable bonds is 7. The molecule has 1 aliphatic rings. The lowest BCUT2D eigenvalue weighted by Gasteiger charge is -2.26. The SMILES string of the molecule is CCCN1CCc2c(sc(NC(=O)c3ccc(S(=O)(=O)CC)cc3)c2-c2nc3ccccc3s2)C1.Cl. The van der Waals surface area contributed by atoms with Gasteiger partial charge in [-0.2, -0.15) is 0 Å². The molecule has 0 spiro atoms. The summed E-state index contributed by atoms with van der Waals surface area (Å²) in [5.74, 6) is -0.225. The zero-order valence-corrected chi connectivity index (χ0v) is 23.4. The summed E-state index contributed by atoms with van der Waals surface area (Å²) in [5.41, 5.74) is 3.69. The lowest BCUT2D eigenvalue weighted by Crippen LogP contribution is -2.30. The maximum Gasteiger partial charge on any atom is 0.256 e. The summed E-state index contributed by atoms with van der Waals surface area (Å²) >= 11 is 3.27. The second kappa shape index (κ2) is 11.0. The van der Waals surface area contributed by atoms with Gasteiger partial charge in [-0.05, 0) is 61.3 Å². The summed E-state index contributed by atoms with van der Waals surface area (Å²) in [6, 6.07) is 14.2. The topological polar surface area (TPSA) is 79.4 Å². The Morgan fingerprint density at radius 2 is 1.83 bits per heavy atom. The highest BCUT2D eigenvalue weighted by Crippen LogP contribution is 2.45. The van der Waals surface area contributed by atoms with Crippen LogP contribution in [0.2, 0.25) is 0 Å². The van der Waals surface area contributed by atoms with Gasteiger partial charge >= 0.3 is 0 Å². The van der Waals surface area contributed by atoms with Crippen LogP contribution in [0.4, 0.5) is 5.00 Å². The van der Waals surface area contributed by atoms with Crippen molar-refractivity contribution in [1.29, 1.82) is 0 Å². The average Bonchev–Trinajstić information content (AvgIpc) is 3.44. The largest absolute Gasteiger partial charge is 0.313 e. The number of nitrogens with one attached hydrogen (secondary N) is 1. The second-order valence-corrected chi connectivity index (χ2v) is 13.0. The number of para-hydroxylation sites is 1. The van der Waals surface area contributed by atoms with Gasteiger partial charge in [0.25, 0.3) is 5.91 Å². The van der Waals surface area contributed by atoms with Crippen LogP contribution in [0.5, 0.6) is 0 Å². The van der Waals surface area contributed by atoms with Crippen molar-refractivity contribution in [3.8, 4) is 10.6 Å². The van der Waals surface area contributed by atoms with Gasteiger partial charge < -0.3 is 5.32 Å². The van der Waals surface area contributed by atoms with E-state index in [1.807, 2.05) is 18.2 Å². The van der Waals surface area contributed by atoms with Crippen molar-refractivity contribution in [1.82, 2.24) is 9.88 Å². The van der Waals surface area contributed by atoms with Crippen LogP contribution in [0, 0.1) is 0 Å². The third-order valence-electron chi connectivity index (χ3n) is 6.27. The number of carbonyl (C=O) groups excluding carboxylic acids is 1. The Bertz CT molecular complexity index is 1460. The Hall–Kier alpha value is -2.30. The molecular weight excluding hydrogens is 534 g/mol. The van der Waals surface area contributed by atoms with Gasteiger partial charge in [0.15, 0.2) is 9.84 Å². The van der Waals surface area contributed by atoms with E-state index in [4.69, 9.17) is 4.98 Å². The maximum absolute atomic E-state index is 13.2. The number of fused-ring (bicyclic) bond motifs is 2. The first-order valence-electron chi connectivity index (χ1n) is 11.8.